The number of amides is 1. The second-order valence-corrected chi connectivity index (χ2v) is 8.72. The molecular weight excluding hydrogens is 572 g/mol. The average molecular weight is 585 g/mol. The largest absolute Gasteiger partial charge is 0.506 e. The van der Waals surface area contributed by atoms with Crippen LogP contribution in [0.15, 0.2) is 61.0 Å². The maximum absolute atomic E-state index is 12.4. The molecular formula is C20H13Br3N2O4. The molecule has 1 amide bonds. The van der Waals surface area contributed by atoms with E-state index in [1.807, 2.05) is 36.4 Å². The van der Waals surface area contributed by atoms with Crippen molar-refractivity contribution >= 4 is 70.7 Å². The Bertz CT molecular complexity index is 1150. The van der Waals surface area contributed by atoms with Crippen LogP contribution in [-0.4, -0.2) is 29.9 Å². The summed E-state index contributed by atoms with van der Waals surface area (Å²) in [6, 6.07) is 13.3. The number of phenols is 1. The van der Waals surface area contributed by atoms with E-state index in [1.165, 1.54) is 6.21 Å². The van der Waals surface area contributed by atoms with Gasteiger partial charge in [-0.05, 0) is 60.8 Å². The Labute approximate surface area is 191 Å². The number of ether oxygens (including phenoxy) is 2. The van der Waals surface area contributed by atoms with Crippen LogP contribution in [0, 0.1) is 0 Å². The van der Waals surface area contributed by atoms with Gasteiger partial charge in [0.2, 0.25) is 6.10 Å². The third-order valence-corrected chi connectivity index (χ3v) is 6.38. The number of hydrogen-bond acceptors (Lipinski definition) is 5. The molecule has 29 heavy (non-hydrogen) atoms. The number of carbonyl (C=O) groups is 1. The van der Waals surface area contributed by atoms with Gasteiger partial charge >= 0.3 is 0 Å². The van der Waals surface area contributed by atoms with Crippen molar-refractivity contribution in [3.63, 3.8) is 0 Å². The van der Waals surface area contributed by atoms with E-state index in [9.17, 15) is 9.90 Å². The minimum atomic E-state index is -0.828. The molecule has 6 nitrogen and oxygen atoms in total. The molecule has 3 aromatic carbocycles. The minimum Gasteiger partial charge on any atom is -0.506 e. The topological polar surface area (TPSA) is 80.2 Å². The molecule has 0 saturated heterocycles. The van der Waals surface area contributed by atoms with Crippen molar-refractivity contribution in [1.29, 1.82) is 0 Å². The standard InChI is InChI=1S/C20H13Br3N2O4/c21-13-7-14(22)19(26)18(23)12(13)8-24-25-20(27)17-9-28-15-5-10-3-1-2-4-11(10)6-16(15)29-17/h1-8,17,26H,9H2,(H,25,27). The summed E-state index contributed by atoms with van der Waals surface area (Å²) in [7, 11) is 0. The van der Waals surface area contributed by atoms with Gasteiger partial charge in [0.1, 0.15) is 12.4 Å². The Hall–Kier alpha value is -2.10. The van der Waals surface area contributed by atoms with Crippen LogP contribution < -0.4 is 14.9 Å². The second-order valence-electron chi connectivity index (χ2n) is 6.21. The van der Waals surface area contributed by atoms with Crippen LogP contribution in [0.5, 0.6) is 17.2 Å². The fourth-order valence-corrected chi connectivity index (χ4v) is 5.16. The maximum Gasteiger partial charge on any atom is 0.284 e. The van der Waals surface area contributed by atoms with E-state index < -0.39 is 12.0 Å². The van der Waals surface area contributed by atoms with Gasteiger partial charge in [-0.1, -0.05) is 40.2 Å². The van der Waals surface area contributed by atoms with Crippen molar-refractivity contribution in [3.8, 4) is 17.2 Å². The number of nitrogens with zero attached hydrogens (tertiary/aromatic N) is 1. The lowest BCUT2D eigenvalue weighted by Gasteiger charge is -2.25. The van der Waals surface area contributed by atoms with Gasteiger partial charge in [-0.25, -0.2) is 5.43 Å². The first-order valence-corrected chi connectivity index (χ1v) is 10.8. The second kappa shape index (κ2) is 8.33. The number of aromatic hydroxyl groups is 1. The molecule has 1 atom stereocenters. The lowest BCUT2D eigenvalue weighted by Crippen LogP contribution is -2.42. The van der Waals surface area contributed by atoms with Crippen molar-refractivity contribution in [2.75, 3.05) is 6.61 Å². The number of hydrogen-bond donors (Lipinski definition) is 2. The summed E-state index contributed by atoms with van der Waals surface area (Å²) >= 11 is 9.95. The smallest absolute Gasteiger partial charge is 0.284 e. The van der Waals surface area contributed by atoms with Gasteiger partial charge in [0, 0.05) is 10.0 Å². The molecule has 0 spiro atoms. The van der Waals surface area contributed by atoms with Crippen LogP contribution in [0.25, 0.3) is 10.8 Å². The highest BCUT2D eigenvalue weighted by Crippen LogP contribution is 2.38. The third-order valence-electron chi connectivity index (χ3n) is 4.31. The Balaban J connectivity index is 1.47. The van der Waals surface area contributed by atoms with Crippen molar-refractivity contribution in [1.82, 2.24) is 5.43 Å². The van der Waals surface area contributed by atoms with Gasteiger partial charge in [-0.3, -0.25) is 4.79 Å². The zero-order valence-corrected chi connectivity index (χ0v) is 19.4. The lowest BCUT2D eigenvalue weighted by atomic mass is 10.1. The first-order chi connectivity index (χ1) is 13.9. The highest BCUT2D eigenvalue weighted by atomic mass is 79.9. The van der Waals surface area contributed by atoms with Crippen LogP contribution >= 0.6 is 47.8 Å². The molecule has 9 heteroatoms. The molecule has 1 aliphatic heterocycles. The highest BCUT2D eigenvalue weighted by molar-refractivity contribution is 9.11. The molecule has 0 aromatic heterocycles. The van der Waals surface area contributed by atoms with Gasteiger partial charge in [0.25, 0.3) is 5.91 Å². The summed E-state index contributed by atoms with van der Waals surface area (Å²) in [4.78, 5) is 12.4. The number of phenolic OH excluding ortho intramolecular Hbond substituents is 1. The number of halogens is 3. The number of rotatable bonds is 3. The van der Waals surface area contributed by atoms with E-state index in [2.05, 4.69) is 58.3 Å². The van der Waals surface area contributed by atoms with Crippen LogP contribution in [0.1, 0.15) is 5.56 Å². The molecule has 0 bridgehead atoms. The van der Waals surface area contributed by atoms with Crippen molar-refractivity contribution in [2.24, 2.45) is 5.10 Å². The van der Waals surface area contributed by atoms with Crippen LogP contribution in [0.3, 0.4) is 0 Å². The third kappa shape index (κ3) is 4.12. The normalized spacial score (nSPS) is 15.6. The zero-order chi connectivity index (χ0) is 20.5. The highest BCUT2D eigenvalue weighted by Gasteiger charge is 2.27. The number of fused-ring (bicyclic) bond motifs is 2. The molecule has 0 fully saturated rings. The van der Waals surface area contributed by atoms with Gasteiger partial charge in [-0.15, -0.1) is 0 Å². The summed E-state index contributed by atoms with van der Waals surface area (Å²) in [6.45, 7) is 0.0825. The fourth-order valence-electron chi connectivity index (χ4n) is 2.83. The summed E-state index contributed by atoms with van der Waals surface area (Å²) < 4.78 is 13.2. The zero-order valence-electron chi connectivity index (χ0n) is 14.7. The minimum absolute atomic E-state index is 0.0359. The van der Waals surface area contributed by atoms with E-state index in [0.29, 0.717) is 30.5 Å². The number of nitrogens with one attached hydrogen (secondary N) is 1. The predicted octanol–water partition coefficient (Wildman–Crippen LogP) is 5.12. The van der Waals surface area contributed by atoms with Crippen LogP contribution in [0.2, 0.25) is 0 Å². The monoisotopic (exact) mass is 582 g/mol. The quantitative estimate of drug-likeness (QED) is 0.331. The number of hydrazone groups is 1. The van der Waals surface area contributed by atoms with Gasteiger partial charge in [0.15, 0.2) is 11.5 Å². The van der Waals surface area contributed by atoms with Crippen molar-refractivity contribution in [2.45, 2.75) is 6.10 Å². The van der Waals surface area contributed by atoms with Crippen molar-refractivity contribution in [3.05, 3.63) is 61.4 Å². The van der Waals surface area contributed by atoms with E-state index in [1.54, 1.807) is 6.07 Å². The van der Waals surface area contributed by atoms with Gasteiger partial charge < -0.3 is 14.6 Å². The molecule has 0 radical (unpaired) electrons. The molecule has 0 aliphatic carbocycles. The Kier molecular flexibility index (Phi) is 5.80. The van der Waals surface area contributed by atoms with E-state index in [0.717, 1.165) is 10.8 Å². The van der Waals surface area contributed by atoms with E-state index in [-0.39, 0.29) is 12.4 Å². The first kappa shape index (κ1) is 20.2. The summed E-state index contributed by atoms with van der Waals surface area (Å²) in [5.41, 5.74) is 3.02. The SMILES string of the molecule is O=C(NN=Cc1c(Br)cc(Br)c(O)c1Br)C1COc2cc3ccccc3cc2O1. The van der Waals surface area contributed by atoms with Gasteiger partial charge in [-0.2, -0.15) is 5.10 Å². The number of benzene rings is 3. The summed E-state index contributed by atoms with van der Waals surface area (Å²) in [5, 5.41) is 16.0. The Morgan fingerprint density at radius 1 is 1.10 bits per heavy atom. The number of carbonyl (C=O) groups excluding carboxylic acids is 1. The summed E-state index contributed by atoms with van der Waals surface area (Å²) in [5.74, 6) is 0.722. The maximum atomic E-state index is 12.4. The first-order valence-electron chi connectivity index (χ1n) is 8.45. The Morgan fingerprint density at radius 3 is 2.52 bits per heavy atom. The van der Waals surface area contributed by atoms with E-state index in [4.69, 9.17) is 9.47 Å². The Morgan fingerprint density at radius 2 is 1.79 bits per heavy atom. The van der Waals surface area contributed by atoms with Crippen molar-refractivity contribution < 1.29 is 19.4 Å². The van der Waals surface area contributed by atoms with Crippen LogP contribution in [-0.2, 0) is 4.79 Å². The molecule has 1 heterocycles. The van der Waals surface area contributed by atoms with Crippen LogP contribution in [0.4, 0.5) is 0 Å². The molecule has 4 rings (SSSR count). The van der Waals surface area contributed by atoms with Gasteiger partial charge in [0.05, 0.1) is 15.2 Å². The predicted molar refractivity (Wildman–Crippen MR) is 121 cm³/mol. The summed E-state index contributed by atoms with van der Waals surface area (Å²) in [6.07, 6.45) is 0.592. The fraction of sp³-hybridized carbons (Fsp3) is 0.100. The molecule has 2 N–H and O–H groups in total. The molecule has 3 aromatic rings. The molecule has 0 saturated carbocycles. The molecule has 1 aliphatic rings. The average Bonchev–Trinajstić information content (AvgIpc) is 2.72. The van der Waals surface area contributed by atoms with E-state index >= 15 is 0 Å². The molecule has 1 unspecified atom stereocenters. The molecule has 148 valence electrons. The lowest BCUT2D eigenvalue weighted by molar-refractivity contribution is -0.130.